The summed E-state index contributed by atoms with van der Waals surface area (Å²) in [5.41, 5.74) is 0.886. The number of rotatable bonds is 6. The van der Waals surface area contributed by atoms with Crippen LogP contribution in [0.3, 0.4) is 0 Å². The molecule has 1 N–H and O–H groups in total. The molecule has 0 aliphatic rings. The fourth-order valence-electron chi connectivity index (χ4n) is 1.61. The molecule has 4 heteroatoms. The van der Waals surface area contributed by atoms with Crippen LogP contribution in [0.1, 0.15) is 26.3 Å². The lowest BCUT2D eigenvalue weighted by atomic mass is 10.1. The summed E-state index contributed by atoms with van der Waals surface area (Å²) in [5.74, 6) is 0. The lowest BCUT2D eigenvalue weighted by Crippen LogP contribution is -2.37. The number of halogens is 2. The molecule has 0 spiro atoms. The molecule has 0 atom stereocenters. The van der Waals surface area contributed by atoms with Crippen LogP contribution in [0, 0.1) is 0 Å². The van der Waals surface area contributed by atoms with E-state index in [0.29, 0.717) is 16.6 Å². The summed E-state index contributed by atoms with van der Waals surface area (Å²) in [5, 5.41) is 4.69. The van der Waals surface area contributed by atoms with E-state index in [1.165, 1.54) is 0 Å². The third-order valence-electron chi connectivity index (χ3n) is 2.42. The molecule has 17 heavy (non-hydrogen) atoms. The molecule has 96 valence electrons. The Morgan fingerprint density at radius 2 is 2.00 bits per heavy atom. The summed E-state index contributed by atoms with van der Waals surface area (Å²) in [6, 6.07) is 5.54. The van der Waals surface area contributed by atoms with Gasteiger partial charge in [0.05, 0.1) is 5.60 Å². The lowest BCUT2D eigenvalue weighted by Gasteiger charge is -2.25. The Morgan fingerprint density at radius 3 is 2.59 bits per heavy atom. The van der Waals surface area contributed by atoms with Crippen molar-refractivity contribution in [2.45, 2.75) is 32.9 Å². The highest BCUT2D eigenvalue weighted by Gasteiger charge is 2.16. The SMILES string of the molecule is CCOC(C)(C)CNCc1ccc(Cl)cc1Cl. The number of ether oxygens (including phenoxy) is 1. The van der Waals surface area contributed by atoms with Crippen molar-refractivity contribution in [2.24, 2.45) is 0 Å². The fourth-order valence-corrected chi connectivity index (χ4v) is 2.08. The Kier molecular flexibility index (Phi) is 5.74. The molecule has 2 nitrogen and oxygen atoms in total. The van der Waals surface area contributed by atoms with E-state index in [1.807, 2.05) is 19.1 Å². The van der Waals surface area contributed by atoms with E-state index < -0.39 is 0 Å². The molecule has 0 amide bonds. The normalized spacial score (nSPS) is 11.8. The molecule has 0 aromatic heterocycles. The number of nitrogens with one attached hydrogen (secondary N) is 1. The fraction of sp³-hybridized carbons (Fsp3) is 0.538. The second-order valence-electron chi connectivity index (χ2n) is 4.53. The van der Waals surface area contributed by atoms with Gasteiger partial charge < -0.3 is 10.1 Å². The summed E-state index contributed by atoms with van der Waals surface area (Å²) in [6.07, 6.45) is 0. The van der Waals surface area contributed by atoms with Gasteiger partial charge in [-0.1, -0.05) is 29.3 Å². The van der Waals surface area contributed by atoms with Gasteiger partial charge in [-0.3, -0.25) is 0 Å². The van der Waals surface area contributed by atoms with Crippen molar-refractivity contribution in [2.75, 3.05) is 13.2 Å². The number of hydrogen-bond acceptors (Lipinski definition) is 2. The van der Waals surface area contributed by atoms with Gasteiger partial charge in [0.25, 0.3) is 0 Å². The first-order valence-electron chi connectivity index (χ1n) is 5.73. The van der Waals surface area contributed by atoms with Gasteiger partial charge >= 0.3 is 0 Å². The topological polar surface area (TPSA) is 21.3 Å². The molecule has 0 radical (unpaired) electrons. The molecule has 1 aromatic rings. The molecule has 0 bridgehead atoms. The standard InChI is InChI=1S/C13H19Cl2NO/c1-4-17-13(2,3)9-16-8-10-5-6-11(14)7-12(10)15/h5-7,16H,4,8-9H2,1-3H3. The molecule has 0 aliphatic carbocycles. The molecular weight excluding hydrogens is 257 g/mol. The maximum atomic E-state index is 6.08. The summed E-state index contributed by atoms with van der Waals surface area (Å²) in [6.45, 7) is 8.33. The minimum Gasteiger partial charge on any atom is -0.375 e. The Hall–Kier alpha value is -0.280. The third-order valence-corrected chi connectivity index (χ3v) is 3.00. The Morgan fingerprint density at radius 1 is 1.29 bits per heavy atom. The first-order chi connectivity index (χ1) is 7.94. The average molecular weight is 276 g/mol. The van der Waals surface area contributed by atoms with E-state index in [-0.39, 0.29) is 5.60 Å². The highest BCUT2D eigenvalue weighted by Crippen LogP contribution is 2.20. The smallest absolute Gasteiger partial charge is 0.0750 e. The quantitative estimate of drug-likeness (QED) is 0.850. The third kappa shape index (κ3) is 5.26. The van der Waals surface area contributed by atoms with Crippen molar-refractivity contribution >= 4 is 23.2 Å². The van der Waals surface area contributed by atoms with E-state index in [4.69, 9.17) is 27.9 Å². The van der Waals surface area contributed by atoms with Crippen LogP contribution in [0.2, 0.25) is 10.0 Å². The largest absolute Gasteiger partial charge is 0.375 e. The first kappa shape index (κ1) is 14.8. The summed E-state index contributed by atoms with van der Waals surface area (Å²) >= 11 is 11.9. The molecule has 0 unspecified atom stereocenters. The van der Waals surface area contributed by atoms with Crippen molar-refractivity contribution in [3.8, 4) is 0 Å². The van der Waals surface area contributed by atoms with Crippen molar-refractivity contribution in [3.63, 3.8) is 0 Å². The first-order valence-corrected chi connectivity index (χ1v) is 6.49. The van der Waals surface area contributed by atoms with Gasteiger partial charge in [0.1, 0.15) is 0 Å². The van der Waals surface area contributed by atoms with Gasteiger partial charge in [-0.2, -0.15) is 0 Å². The van der Waals surface area contributed by atoms with E-state index in [1.54, 1.807) is 6.07 Å². The van der Waals surface area contributed by atoms with Crippen LogP contribution >= 0.6 is 23.2 Å². The zero-order valence-corrected chi connectivity index (χ0v) is 12.0. The van der Waals surface area contributed by atoms with Gasteiger partial charge in [0.2, 0.25) is 0 Å². The predicted octanol–water partition coefficient (Wildman–Crippen LogP) is 3.90. The second kappa shape index (κ2) is 6.60. The maximum Gasteiger partial charge on any atom is 0.0750 e. The predicted molar refractivity (Wildman–Crippen MR) is 73.9 cm³/mol. The zero-order chi connectivity index (χ0) is 12.9. The minimum absolute atomic E-state index is 0.159. The van der Waals surface area contributed by atoms with Gasteiger partial charge in [0, 0.05) is 29.7 Å². The Bertz CT molecular complexity index is 366. The van der Waals surface area contributed by atoms with Crippen LogP contribution in [-0.4, -0.2) is 18.8 Å². The lowest BCUT2D eigenvalue weighted by molar-refractivity contribution is -0.00897. The summed E-state index contributed by atoms with van der Waals surface area (Å²) < 4.78 is 5.60. The van der Waals surface area contributed by atoms with Crippen LogP contribution in [0.5, 0.6) is 0 Å². The van der Waals surface area contributed by atoms with Crippen LogP contribution < -0.4 is 5.32 Å². The van der Waals surface area contributed by atoms with Crippen LogP contribution in [0.15, 0.2) is 18.2 Å². The highest BCUT2D eigenvalue weighted by atomic mass is 35.5. The average Bonchev–Trinajstić information content (AvgIpc) is 2.21. The number of hydrogen-bond donors (Lipinski definition) is 1. The molecule has 0 fully saturated rings. The molecule has 0 heterocycles. The minimum atomic E-state index is -0.159. The monoisotopic (exact) mass is 275 g/mol. The molecule has 1 aromatic carbocycles. The van der Waals surface area contributed by atoms with Gasteiger partial charge in [-0.05, 0) is 38.5 Å². The highest BCUT2D eigenvalue weighted by molar-refractivity contribution is 6.35. The molecule has 0 aliphatic heterocycles. The van der Waals surface area contributed by atoms with E-state index in [0.717, 1.165) is 18.7 Å². The van der Waals surface area contributed by atoms with E-state index >= 15 is 0 Å². The molecular formula is C13H19Cl2NO. The maximum absolute atomic E-state index is 6.08. The van der Waals surface area contributed by atoms with Gasteiger partial charge in [-0.15, -0.1) is 0 Å². The molecule has 1 rings (SSSR count). The van der Waals surface area contributed by atoms with Crippen molar-refractivity contribution in [3.05, 3.63) is 33.8 Å². The molecule has 0 saturated heterocycles. The van der Waals surface area contributed by atoms with E-state index in [2.05, 4.69) is 19.2 Å². The van der Waals surface area contributed by atoms with Crippen LogP contribution in [-0.2, 0) is 11.3 Å². The number of benzene rings is 1. The van der Waals surface area contributed by atoms with Crippen molar-refractivity contribution in [1.82, 2.24) is 5.32 Å². The van der Waals surface area contributed by atoms with E-state index in [9.17, 15) is 0 Å². The Balaban J connectivity index is 2.46. The van der Waals surface area contributed by atoms with Gasteiger partial charge in [0.15, 0.2) is 0 Å². The zero-order valence-electron chi connectivity index (χ0n) is 10.5. The summed E-state index contributed by atoms with van der Waals surface area (Å²) in [7, 11) is 0. The van der Waals surface area contributed by atoms with Crippen molar-refractivity contribution in [1.29, 1.82) is 0 Å². The second-order valence-corrected chi connectivity index (χ2v) is 5.38. The summed E-state index contributed by atoms with van der Waals surface area (Å²) in [4.78, 5) is 0. The molecule has 0 saturated carbocycles. The van der Waals surface area contributed by atoms with Gasteiger partial charge in [-0.25, -0.2) is 0 Å². The van der Waals surface area contributed by atoms with Crippen LogP contribution in [0.25, 0.3) is 0 Å². The van der Waals surface area contributed by atoms with Crippen molar-refractivity contribution < 1.29 is 4.74 Å². The Labute approximate surface area is 113 Å². The van der Waals surface area contributed by atoms with Crippen LogP contribution in [0.4, 0.5) is 0 Å².